The maximum atomic E-state index is 11.9. The average Bonchev–Trinajstić information content (AvgIpc) is 2.47. The minimum Gasteiger partial charge on any atom is -0.228 e. The smallest absolute Gasteiger partial charge is 0.156 e. The van der Waals surface area contributed by atoms with E-state index in [2.05, 4.69) is 0 Å². The largest absolute Gasteiger partial charge is 0.228 e. The van der Waals surface area contributed by atoms with E-state index in [9.17, 15) is 8.42 Å². The van der Waals surface area contributed by atoms with Gasteiger partial charge in [0.2, 0.25) is 0 Å². The molecule has 0 aliphatic carbocycles. The van der Waals surface area contributed by atoms with Crippen LogP contribution in [0.4, 0.5) is 0 Å². The molecule has 5 heteroatoms. The molecule has 2 aromatic carbocycles. The van der Waals surface area contributed by atoms with Gasteiger partial charge in [0.25, 0.3) is 0 Å². The molecule has 2 rings (SSSR count). The summed E-state index contributed by atoms with van der Waals surface area (Å²) in [6, 6.07) is 13.3. The fourth-order valence-corrected chi connectivity index (χ4v) is 3.70. The summed E-state index contributed by atoms with van der Waals surface area (Å²) in [5, 5.41) is 0.959. The van der Waals surface area contributed by atoms with Crippen LogP contribution in [0.15, 0.2) is 42.5 Å². The second-order valence-corrected chi connectivity index (χ2v) is 9.31. The van der Waals surface area contributed by atoms with Gasteiger partial charge in [0, 0.05) is 10.0 Å². The summed E-state index contributed by atoms with van der Waals surface area (Å²) in [5.74, 6) is 0.0912. The van der Waals surface area contributed by atoms with E-state index in [0.29, 0.717) is 10.0 Å². The van der Waals surface area contributed by atoms with Crippen LogP contribution >= 0.6 is 23.2 Å². The van der Waals surface area contributed by atoms with Gasteiger partial charge in [-0.05, 0) is 55.5 Å². The Morgan fingerprint density at radius 1 is 0.913 bits per heavy atom. The third kappa shape index (κ3) is 5.23. The minimum atomic E-state index is -3.06. The van der Waals surface area contributed by atoms with E-state index in [1.165, 1.54) is 0 Å². The van der Waals surface area contributed by atoms with Crippen molar-refractivity contribution in [2.45, 2.75) is 37.7 Å². The summed E-state index contributed by atoms with van der Waals surface area (Å²) in [7, 11) is -3.06. The molecule has 0 saturated heterocycles. The molecule has 0 aliphatic rings. The van der Waals surface area contributed by atoms with Gasteiger partial charge in [-0.15, -0.1) is 0 Å². The standard InChI is InChI=1S/C18H20Cl2O2S/c1-13(2)23(21,22)12-15-5-3-14(4-6-15)7-8-16-9-10-17(19)11-18(16)20/h3-6,9-11,13H,7-8,12H2,1-2H3. The van der Waals surface area contributed by atoms with Gasteiger partial charge in [-0.1, -0.05) is 53.5 Å². The first-order valence-electron chi connectivity index (χ1n) is 7.51. The normalized spacial score (nSPS) is 11.9. The van der Waals surface area contributed by atoms with Gasteiger partial charge in [-0.25, -0.2) is 8.42 Å². The molecule has 0 aliphatic heterocycles. The number of hydrogen-bond acceptors (Lipinski definition) is 2. The van der Waals surface area contributed by atoms with Crippen LogP contribution in [-0.4, -0.2) is 13.7 Å². The van der Waals surface area contributed by atoms with Crippen molar-refractivity contribution in [3.05, 3.63) is 69.2 Å². The van der Waals surface area contributed by atoms with Gasteiger partial charge in [-0.2, -0.15) is 0 Å². The van der Waals surface area contributed by atoms with E-state index >= 15 is 0 Å². The van der Waals surface area contributed by atoms with E-state index in [1.807, 2.05) is 36.4 Å². The van der Waals surface area contributed by atoms with Gasteiger partial charge >= 0.3 is 0 Å². The van der Waals surface area contributed by atoms with Crippen LogP contribution in [0.2, 0.25) is 10.0 Å². The van der Waals surface area contributed by atoms with Crippen LogP contribution in [0.3, 0.4) is 0 Å². The van der Waals surface area contributed by atoms with Gasteiger partial charge in [0.15, 0.2) is 9.84 Å². The Morgan fingerprint density at radius 3 is 2.09 bits per heavy atom. The van der Waals surface area contributed by atoms with E-state index in [-0.39, 0.29) is 11.0 Å². The fraction of sp³-hybridized carbons (Fsp3) is 0.333. The van der Waals surface area contributed by atoms with Crippen molar-refractivity contribution < 1.29 is 8.42 Å². The molecule has 2 nitrogen and oxygen atoms in total. The number of sulfone groups is 1. The molecule has 0 N–H and O–H groups in total. The van der Waals surface area contributed by atoms with Crippen molar-refractivity contribution in [3.63, 3.8) is 0 Å². The maximum absolute atomic E-state index is 11.9. The van der Waals surface area contributed by atoms with Crippen LogP contribution in [0, 0.1) is 0 Å². The third-order valence-corrected chi connectivity index (χ3v) is 6.57. The maximum Gasteiger partial charge on any atom is 0.156 e. The van der Waals surface area contributed by atoms with E-state index < -0.39 is 9.84 Å². The molecule has 0 heterocycles. The summed E-state index contributed by atoms with van der Waals surface area (Å²) < 4.78 is 23.9. The van der Waals surface area contributed by atoms with Crippen molar-refractivity contribution in [1.82, 2.24) is 0 Å². The monoisotopic (exact) mass is 370 g/mol. The highest BCUT2D eigenvalue weighted by Gasteiger charge is 2.16. The molecule has 0 radical (unpaired) electrons. The number of rotatable bonds is 6. The molecule has 0 fully saturated rings. The zero-order chi connectivity index (χ0) is 17.0. The minimum absolute atomic E-state index is 0.0912. The molecule has 0 unspecified atom stereocenters. The lowest BCUT2D eigenvalue weighted by molar-refractivity contribution is 0.586. The van der Waals surface area contributed by atoms with Gasteiger partial charge < -0.3 is 0 Å². The molecule has 0 spiro atoms. The van der Waals surface area contributed by atoms with Crippen molar-refractivity contribution >= 4 is 33.0 Å². The SMILES string of the molecule is CC(C)S(=O)(=O)Cc1ccc(CCc2ccc(Cl)cc2Cl)cc1. The Labute approximate surface area is 148 Å². The van der Waals surface area contributed by atoms with Crippen LogP contribution in [0.25, 0.3) is 0 Å². The van der Waals surface area contributed by atoms with E-state index in [0.717, 1.165) is 29.5 Å². The average molecular weight is 371 g/mol. The Morgan fingerprint density at radius 2 is 1.52 bits per heavy atom. The number of halogens is 2. The first-order valence-corrected chi connectivity index (χ1v) is 9.98. The molecule has 0 aromatic heterocycles. The molecule has 0 amide bonds. The van der Waals surface area contributed by atoms with Crippen LogP contribution < -0.4 is 0 Å². The Kier molecular flexibility index (Phi) is 6.12. The fourth-order valence-electron chi connectivity index (χ4n) is 2.20. The van der Waals surface area contributed by atoms with Gasteiger partial charge in [0.05, 0.1) is 11.0 Å². The molecule has 124 valence electrons. The Balaban J connectivity index is 2.00. The number of hydrogen-bond donors (Lipinski definition) is 0. The zero-order valence-electron chi connectivity index (χ0n) is 13.2. The van der Waals surface area contributed by atoms with Crippen LogP contribution in [-0.2, 0) is 28.4 Å². The van der Waals surface area contributed by atoms with Gasteiger partial charge in [-0.3, -0.25) is 0 Å². The summed E-state index contributed by atoms with van der Waals surface area (Å²) in [6.07, 6.45) is 1.66. The lowest BCUT2D eigenvalue weighted by Crippen LogP contribution is -2.15. The first-order chi connectivity index (χ1) is 10.8. The molecule has 0 saturated carbocycles. The second-order valence-electron chi connectivity index (χ2n) is 5.91. The quantitative estimate of drug-likeness (QED) is 0.708. The highest BCUT2D eigenvalue weighted by atomic mass is 35.5. The van der Waals surface area contributed by atoms with Gasteiger partial charge in [0.1, 0.15) is 0 Å². The summed E-state index contributed by atoms with van der Waals surface area (Å²) in [6.45, 7) is 3.42. The molecule has 23 heavy (non-hydrogen) atoms. The van der Waals surface area contributed by atoms with Crippen molar-refractivity contribution in [2.75, 3.05) is 0 Å². The molecular weight excluding hydrogens is 351 g/mol. The zero-order valence-corrected chi connectivity index (χ0v) is 15.5. The first kappa shape index (κ1) is 18.3. The molecular formula is C18H20Cl2O2S. The lowest BCUT2D eigenvalue weighted by atomic mass is 10.0. The number of aryl methyl sites for hydroxylation is 2. The Bertz CT molecular complexity index is 766. The predicted molar refractivity (Wildman–Crippen MR) is 98.1 cm³/mol. The van der Waals surface area contributed by atoms with Crippen molar-refractivity contribution in [3.8, 4) is 0 Å². The molecule has 2 aromatic rings. The highest BCUT2D eigenvalue weighted by Crippen LogP contribution is 2.22. The van der Waals surface area contributed by atoms with Crippen molar-refractivity contribution in [1.29, 1.82) is 0 Å². The number of benzene rings is 2. The second kappa shape index (κ2) is 7.69. The van der Waals surface area contributed by atoms with E-state index in [1.54, 1.807) is 19.9 Å². The Hall–Kier alpha value is -1.03. The third-order valence-electron chi connectivity index (χ3n) is 3.81. The summed E-state index contributed by atoms with van der Waals surface area (Å²) in [4.78, 5) is 0. The van der Waals surface area contributed by atoms with Crippen molar-refractivity contribution in [2.24, 2.45) is 0 Å². The highest BCUT2D eigenvalue weighted by molar-refractivity contribution is 7.91. The van der Waals surface area contributed by atoms with Crippen LogP contribution in [0.5, 0.6) is 0 Å². The summed E-state index contributed by atoms with van der Waals surface area (Å²) >= 11 is 12.1. The van der Waals surface area contributed by atoms with Crippen LogP contribution in [0.1, 0.15) is 30.5 Å². The topological polar surface area (TPSA) is 34.1 Å². The van der Waals surface area contributed by atoms with E-state index in [4.69, 9.17) is 23.2 Å². The molecule has 0 bridgehead atoms. The lowest BCUT2D eigenvalue weighted by Gasteiger charge is -2.09. The molecule has 0 atom stereocenters. The summed E-state index contributed by atoms with van der Waals surface area (Å²) in [5.41, 5.74) is 3.04. The predicted octanol–water partition coefficient (Wildman–Crippen LogP) is 5.10.